The second-order valence-electron chi connectivity index (χ2n) is 11.0. The zero-order chi connectivity index (χ0) is 31.1. The SMILES string of the molecule is C/C(=C\c1cc(-c2ccc(OCc3cc(C(=O)NCCO)ccc3-c3ccc(Cl)cc3)cc2)n(C2CCCCC2)n1)C(=O)O. The number of halogens is 1. The molecule has 0 radical (unpaired) electrons. The first-order valence-corrected chi connectivity index (χ1v) is 15.2. The Hall–Kier alpha value is -4.40. The van der Waals surface area contributed by atoms with E-state index in [1.54, 1.807) is 19.1 Å². The molecular formula is C35H36ClN3O5. The number of amides is 1. The van der Waals surface area contributed by atoms with E-state index in [2.05, 4.69) is 10.00 Å². The molecule has 1 aliphatic rings. The molecule has 0 bridgehead atoms. The summed E-state index contributed by atoms with van der Waals surface area (Å²) in [6.45, 7) is 1.83. The molecule has 1 aromatic heterocycles. The van der Waals surface area contributed by atoms with Crippen molar-refractivity contribution in [3.8, 4) is 28.1 Å². The summed E-state index contributed by atoms with van der Waals surface area (Å²) in [5.74, 6) is -0.568. The summed E-state index contributed by atoms with van der Waals surface area (Å²) in [4.78, 5) is 24.0. The standard InChI is InChI=1S/C35H36ClN3O5/c1-23(35(42)43)19-29-21-33(39(38-29)30-5-3-2-4-6-30)25-9-14-31(15-10-25)44-22-27-20-26(34(41)37-17-18-40)11-16-32(27)24-7-12-28(36)13-8-24/h7-16,19-21,30,40H,2-6,17-18,22H2,1H3,(H,37,41)(H,42,43)/b23-19+. The zero-order valence-electron chi connectivity index (χ0n) is 24.6. The number of carboxylic acids is 1. The van der Waals surface area contributed by atoms with Crippen molar-refractivity contribution in [3.05, 3.63) is 100 Å². The lowest BCUT2D eigenvalue weighted by Gasteiger charge is -2.24. The van der Waals surface area contributed by atoms with Crippen LogP contribution in [0.3, 0.4) is 0 Å². The van der Waals surface area contributed by atoms with Crippen LogP contribution in [0.2, 0.25) is 5.02 Å². The highest BCUT2D eigenvalue weighted by molar-refractivity contribution is 6.30. The maximum atomic E-state index is 12.6. The highest BCUT2D eigenvalue weighted by atomic mass is 35.5. The average Bonchev–Trinajstić information content (AvgIpc) is 3.47. The van der Waals surface area contributed by atoms with Crippen LogP contribution < -0.4 is 10.1 Å². The number of ether oxygens (including phenoxy) is 1. The van der Waals surface area contributed by atoms with Crippen molar-refractivity contribution in [1.82, 2.24) is 15.1 Å². The Balaban J connectivity index is 1.40. The largest absolute Gasteiger partial charge is 0.489 e. The third kappa shape index (κ3) is 7.56. The van der Waals surface area contributed by atoms with Crippen LogP contribution >= 0.6 is 11.6 Å². The molecular weight excluding hydrogens is 578 g/mol. The molecule has 0 unspecified atom stereocenters. The molecule has 0 spiro atoms. The Kier molecular flexibility index (Phi) is 10.1. The van der Waals surface area contributed by atoms with E-state index in [9.17, 15) is 14.7 Å². The van der Waals surface area contributed by atoms with Crippen molar-refractivity contribution in [2.75, 3.05) is 13.2 Å². The van der Waals surface area contributed by atoms with E-state index in [0.29, 0.717) is 22.0 Å². The minimum Gasteiger partial charge on any atom is -0.489 e. The number of aliphatic hydroxyl groups is 1. The molecule has 1 aliphatic carbocycles. The summed E-state index contributed by atoms with van der Waals surface area (Å²) < 4.78 is 8.28. The lowest BCUT2D eigenvalue weighted by molar-refractivity contribution is -0.132. The van der Waals surface area contributed by atoms with Crippen LogP contribution in [0.25, 0.3) is 28.5 Å². The summed E-state index contributed by atoms with van der Waals surface area (Å²) in [6, 6.07) is 23.0. The van der Waals surface area contributed by atoms with Crippen LogP contribution in [0.5, 0.6) is 5.75 Å². The Morgan fingerprint density at radius 3 is 2.39 bits per heavy atom. The molecule has 1 amide bonds. The number of aliphatic carboxylic acids is 1. The van der Waals surface area contributed by atoms with Gasteiger partial charge in [-0.25, -0.2) is 4.79 Å². The number of hydrogen-bond donors (Lipinski definition) is 3. The van der Waals surface area contributed by atoms with Gasteiger partial charge in [0.1, 0.15) is 12.4 Å². The fourth-order valence-corrected chi connectivity index (χ4v) is 5.63. The molecule has 5 rings (SSSR count). The molecule has 3 aromatic carbocycles. The third-order valence-electron chi connectivity index (χ3n) is 7.84. The predicted octanol–water partition coefficient (Wildman–Crippen LogP) is 7.16. The van der Waals surface area contributed by atoms with Crippen LogP contribution in [0, 0.1) is 0 Å². The van der Waals surface area contributed by atoms with Crippen molar-refractivity contribution in [2.24, 2.45) is 0 Å². The number of rotatable bonds is 11. The number of carboxylic acid groups (broad SMARTS) is 1. The Labute approximate surface area is 262 Å². The van der Waals surface area contributed by atoms with Crippen molar-refractivity contribution >= 4 is 29.6 Å². The first kappa shape index (κ1) is 31.0. The molecule has 3 N–H and O–H groups in total. The van der Waals surface area contributed by atoms with Gasteiger partial charge < -0.3 is 20.3 Å². The number of carbonyl (C=O) groups is 2. The molecule has 9 heteroatoms. The minimum atomic E-state index is -0.962. The third-order valence-corrected chi connectivity index (χ3v) is 8.09. The van der Waals surface area contributed by atoms with E-state index >= 15 is 0 Å². The molecule has 0 aliphatic heterocycles. The molecule has 1 fully saturated rings. The van der Waals surface area contributed by atoms with Crippen LogP contribution in [-0.4, -0.2) is 45.0 Å². The van der Waals surface area contributed by atoms with Crippen molar-refractivity contribution in [2.45, 2.75) is 51.7 Å². The number of nitrogens with zero attached hydrogens (tertiary/aromatic N) is 2. The van der Waals surface area contributed by atoms with E-state index in [1.807, 2.05) is 66.7 Å². The van der Waals surface area contributed by atoms with Gasteiger partial charge in [0, 0.05) is 28.3 Å². The van der Waals surface area contributed by atoms with E-state index < -0.39 is 5.97 Å². The molecule has 44 heavy (non-hydrogen) atoms. The summed E-state index contributed by atoms with van der Waals surface area (Å²) in [5, 5.41) is 26.6. The summed E-state index contributed by atoms with van der Waals surface area (Å²) in [6.07, 6.45) is 7.23. The Bertz CT molecular complexity index is 1640. The van der Waals surface area contributed by atoms with Gasteiger partial charge in [-0.05, 0) is 97.1 Å². The van der Waals surface area contributed by atoms with E-state index in [4.69, 9.17) is 26.5 Å². The fourth-order valence-electron chi connectivity index (χ4n) is 5.51. The van der Waals surface area contributed by atoms with Crippen LogP contribution in [0.15, 0.2) is 78.4 Å². The van der Waals surface area contributed by atoms with Crippen LogP contribution in [0.4, 0.5) is 0 Å². The molecule has 0 saturated heterocycles. The average molecular weight is 614 g/mol. The first-order chi connectivity index (χ1) is 21.3. The van der Waals surface area contributed by atoms with E-state index in [-0.39, 0.29) is 37.3 Å². The number of aliphatic hydroxyl groups excluding tert-OH is 1. The highest BCUT2D eigenvalue weighted by Crippen LogP contribution is 2.34. The topological polar surface area (TPSA) is 114 Å². The Morgan fingerprint density at radius 1 is 1.00 bits per heavy atom. The molecule has 1 heterocycles. The quantitative estimate of drug-likeness (QED) is 0.155. The van der Waals surface area contributed by atoms with Crippen molar-refractivity contribution in [3.63, 3.8) is 0 Å². The summed E-state index contributed by atoms with van der Waals surface area (Å²) in [5.41, 5.74) is 5.95. The molecule has 1 saturated carbocycles. The monoisotopic (exact) mass is 613 g/mol. The van der Waals surface area contributed by atoms with Gasteiger partial charge in [-0.3, -0.25) is 9.48 Å². The van der Waals surface area contributed by atoms with Gasteiger partial charge in [-0.1, -0.05) is 49.1 Å². The second kappa shape index (κ2) is 14.4. The van der Waals surface area contributed by atoms with Gasteiger partial charge in [-0.2, -0.15) is 5.10 Å². The van der Waals surface area contributed by atoms with Crippen molar-refractivity contribution in [1.29, 1.82) is 0 Å². The van der Waals surface area contributed by atoms with Gasteiger partial charge >= 0.3 is 5.97 Å². The van der Waals surface area contributed by atoms with Gasteiger partial charge in [0.05, 0.1) is 24.0 Å². The van der Waals surface area contributed by atoms with E-state index in [0.717, 1.165) is 53.6 Å². The van der Waals surface area contributed by atoms with Gasteiger partial charge in [0.2, 0.25) is 0 Å². The van der Waals surface area contributed by atoms with Gasteiger partial charge in [0.25, 0.3) is 5.91 Å². The maximum Gasteiger partial charge on any atom is 0.331 e. The molecule has 228 valence electrons. The number of carbonyl (C=O) groups excluding carboxylic acids is 1. The lowest BCUT2D eigenvalue weighted by Crippen LogP contribution is -2.26. The highest BCUT2D eigenvalue weighted by Gasteiger charge is 2.21. The normalized spacial score (nSPS) is 13.9. The zero-order valence-corrected chi connectivity index (χ0v) is 25.4. The Morgan fingerprint density at radius 2 is 1.70 bits per heavy atom. The molecule has 0 atom stereocenters. The van der Waals surface area contributed by atoms with Crippen LogP contribution in [0.1, 0.15) is 66.7 Å². The second-order valence-corrected chi connectivity index (χ2v) is 11.4. The number of hydrogen-bond acceptors (Lipinski definition) is 5. The number of aromatic nitrogens is 2. The lowest BCUT2D eigenvalue weighted by atomic mass is 9.95. The fraction of sp³-hybridized carbons (Fsp3) is 0.286. The van der Waals surface area contributed by atoms with Gasteiger partial charge in [0.15, 0.2) is 0 Å². The van der Waals surface area contributed by atoms with Crippen molar-refractivity contribution < 1.29 is 24.5 Å². The smallest absolute Gasteiger partial charge is 0.331 e. The van der Waals surface area contributed by atoms with Gasteiger partial charge in [-0.15, -0.1) is 0 Å². The van der Waals surface area contributed by atoms with E-state index in [1.165, 1.54) is 6.42 Å². The summed E-state index contributed by atoms with van der Waals surface area (Å²) in [7, 11) is 0. The first-order valence-electron chi connectivity index (χ1n) is 14.8. The molecule has 8 nitrogen and oxygen atoms in total. The predicted molar refractivity (Wildman–Crippen MR) is 172 cm³/mol. The molecule has 4 aromatic rings. The minimum absolute atomic E-state index is 0.137. The maximum absolute atomic E-state index is 12.6. The number of nitrogens with one attached hydrogen (secondary N) is 1. The van der Waals surface area contributed by atoms with Crippen LogP contribution in [-0.2, 0) is 11.4 Å². The summed E-state index contributed by atoms with van der Waals surface area (Å²) >= 11 is 6.11. The number of benzene rings is 3.